The van der Waals surface area contributed by atoms with Crippen LogP contribution in [0.25, 0.3) is 5.69 Å². The normalized spacial score (nSPS) is 16.2. The van der Waals surface area contributed by atoms with Crippen LogP contribution in [0.4, 0.5) is 0 Å². The molecule has 0 saturated heterocycles. The van der Waals surface area contributed by atoms with Crippen LogP contribution in [0.15, 0.2) is 63.9 Å². The zero-order valence-corrected chi connectivity index (χ0v) is 15.7. The predicted molar refractivity (Wildman–Crippen MR) is 104 cm³/mol. The third kappa shape index (κ3) is 3.38. The molecule has 10 heteroatoms. The average Bonchev–Trinajstić information content (AvgIpc) is 3.35. The van der Waals surface area contributed by atoms with Gasteiger partial charge in [0.25, 0.3) is 0 Å². The fourth-order valence-corrected chi connectivity index (χ4v) is 3.40. The highest BCUT2D eigenvalue weighted by molar-refractivity contribution is 5.48. The van der Waals surface area contributed by atoms with E-state index >= 15 is 0 Å². The summed E-state index contributed by atoms with van der Waals surface area (Å²) >= 11 is 0. The van der Waals surface area contributed by atoms with Gasteiger partial charge in [-0.2, -0.15) is 5.10 Å². The Hall–Kier alpha value is -3.76. The minimum Gasteiger partial charge on any atom is -0.489 e. The number of aliphatic hydroxyl groups excluding tert-OH is 1. The summed E-state index contributed by atoms with van der Waals surface area (Å²) in [6.45, 7) is 0.126. The molecule has 4 aromatic rings. The number of aliphatic hydroxyl groups is 1. The zero-order chi connectivity index (χ0) is 20.5. The van der Waals surface area contributed by atoms with E-state index in [1.807, 2.05) is 36.4 Å². The summed E-state index contributed by atoms with van der Waals surface area (Å²) in [4.78, 5) is 16.6. The lowest BCUT2D eigenvalue weighted by atomic mass is 10.1. The van der Waals surface area contributed by atoms with Crippen molar-refractivity contribution in [3.05, 3.63) is 88.2 Å². The van der Waals surface area contributed by atoms with E-state index in [1.165, 1.54) is 4.57 Å². The Morgan fingerprint density at radius 3 is 2.87 bits per heavy atom. The number of H-pyrrole nitrogens is 1. The van der Waals surface area contributed by atoms with Gasteiger partial charge in [-0.1, -0.05) is 47.6 Å². The Labute approximate surface area is 170 Å². The summed E-state index contributed by atoms with van der Waals surface area (Å²) in [6.07, 6.45) is -0.647. The van der Waals surface area contributed by atoms with Crippen molar-refractivity contribution in [3.63, 3.8) is 0 Å². The molecule has 0 fully saturated rings. The molecule has 0 amide bonds. The number of nitrogens with zero attached hydrogens (tertiary/aromatic N) is 4. The van der Waals surface area contributed by atoms with E-state index in [0.717, 1.165) is 5.56 Å². The van der Waals surface area contributed by atoms with Gasteiger partial charge >= 0.3 is 5.76 Å². The molecular formula is C20H18N6O4. The maximum absolute atomic E-state index is 12.2. The number of aromatic nitrogens is 5. The van der Waals surface area contributed by atoms with Gasteiger partial charge in [0.2, 0.25) is 0 Å². The molecule has 10 nitrogen and oxygen atoms in total. The standard InChI is InChI=1S/C20H18N6O4/c27-19(17-22-16(23-24-17)10-12-6-2-1-3-7-12)21-13-11-29-15-9-5-4-8-14(15)26-18(13)25-30-20(26)28/h1-9,13,19,21,27H,10-11H2,(H,22,23,24)/t13-,19?/m0/s1. The summed E-state index contributed by atoms with van der Waals surface area (Å²) < 4.78 is 12.0. The lowest BCUT2D eigenvalue weighted by Gasteiger charge is -2.17. The van der Waals surface area contributed by atoms with Gasteiger partial charge in [0.05, 0.1) is 5.69 Å². The highest BCUT2D eigenvalue weighted by Gasteiger charge is 2.30. The molecule has 5 rings (SSSR count). The van der Waals surface area contributed by atoms with Gasteiger partial charge in [-0.15, -0.1) is 0 Å². The van der Waals surface area contributed by atoms with Gasteiger partial charge in [0, 0.05) is 6.42 Å². The first-order chi connectivity index (χ1) is 14.7. The topological polar surface area (TPSA) is 131 Å². The maximum atomic E-state index is 12.2. The number of nitrogens with one attached hydrogen (secondary N) is 2. The molecule has 1 aliphatic rings. The van der Waals surface area contributed by atoms with Crippen molar-refractivity contribution in [2.24, 2.45) is 0 Å². The van der Waals surface area contributed by atoms with Crippen LogP contribution in [0.2, 0.25) is 0 Å². The smallest absolute Gasteiger partial charge is 0.446 e. The SMILES string of the molecule is O=c1onc2n1-c1ccccc1OC[C@@H]2NC(O)c1n[nH]c(Cc2ccccc2)n1. The van der Waals surface area contributed by atoms with Gasteiger partial charge in [-0.25, -0.2) is 14.3 Å². The largest absolute Gasteiger partial charge is 0.489 e. The lowest BCUT2D eigenvalue weighted by Crippen LogP contribution is -2.32. The lowest BCUT2D eigenvalue weighted by molar-refractivity contribution is 0.0986. The molecule has 152 valence electrons. The van der Waals surface area contributed by atoms with Gasteiger partial charge in [-0.3, -0.25) is 14.9 Å². The average molecular weight is 406 g/mol. The van der Waals surface area contributed by atoms with Crippen LogP contribution in [0.1, 0.15) is 35.3 Å². The van der Waals surface area contributed by atoms with Gasteiger partial charge in [0.15, 0.2) is 17.9 Å². The Bertz CT molecular complexity index is 1220. The van der Waals surface area contributed by atoms with Crippen LogP contribution >= 0.6 is 0 Å². The van der Waals surface area contributed by atoms with E-state index in [0.29, 0.717) is 29.5 Å². The molecule has 2 aromatic carbocycles. The van der Waals surface area contributed by atoms with E-state index < -0.39 is 18.0 Å². The molecule has 0 bridgehead atoms. The number of hydrogen-bond donors (Lipinski definition) is 3. The van der Waals surface area contributed by atoms with Crippen molar-refractivity contribution in [1.82, 2.24) is 30.2 Å². The molecule has 3 N–H and O–H groups in total. The molecule has 2 aromatic heterocycles. The molecule has 30 heavy (non-hydrogen) atoms. The van der Waals surface area contributed by atoms with Gasteiger partial charge in [0.1, 0.15) is 24.2 Å². The second kappa shape index (κ2) is 7.58. The third-order valence-electron chi connectivity index (χ3n) is 4.82. The number of rotatable bonds is 5. The third-order valence-corrected chi connectivity index (χ3v) is 4.82. The second-order valence-corrected chi connectivity index (χ2v) is 6.85. The van der Waals surface area contributed by atoms with Gasteiger partial charge < -0.3 is 9.84 Å². The van der Waals surface area contributed by atoms with E-state index in [9.17, 15) is 9.90 Å². The van der Waals surface area contributed by atoms with Crippen molar-refractivity contribution in [1.29, 1.82) is 0 Å². The number of ether oxygens (including phenoxy) is 1. The Kier molecular flexibility index (Phi) is 4.62. The van der Waals surface area contributed by atoms with E-state index in [1.54, 1.807) is 18.2 Å². The quantitative estimate of drug-likeness (QED) is 0.422. The van der Waals surface area contributed by atoms with Crippen molar-refractivity contribution in [2.75, 3.05) is 6.61 Å². The minimum absolute atomic E-state index is 0.126. The van der Waals surface area contributed by atoms with E-state index in [-0.39, 0.29) is 12.4 Å². The zero-order valence-electron chi connectivity index (χ0n) is 15.7. The van der Waals surface area contributed by atoms with E-state index in [2.05, 4.69) is 25.7 Å². The molecule has 3 heterocycles. The van der Waals surface area contributed by atoms with Crippen LogP contribution in [0, 0.1) is 0 Å². The number of fused-ring (bicyclic) bond motifs is 3. The first kappa shape index (κ1) is 18.3. The summed E-state index contributed by atoms with van der Waals surface area (Å²) in [5.41, 5.74) is 1.60. The van der Waals surface area contributed by atoms with Crippen molar-refractivity contribution < 1.29 is 14.4 Å². The number of benzene rings is 2. The second-order valence-electron chi connectivity index (χ2n) is 6.85. The van der Waals surface area contributed by atoms with E-state index in [4.69, 9.17) is 9.26 Å². The monoisotopic (exact) mass is 406 g/mol. The van der Waals surface area contributed by atoms with Crippen LogP contribution in [-0.4, -0.2) is 36.6 Å². The molecule has 1 aliphatic heterocycles. The molecule has 0 spiro atoms. The number of hydrogen-bond acceptors (Lipinski definition) is 8. The summed E-state index contributed by atoms with van der Waals surface area (Å²) in [6, 6.07) is 16.3. The number of para-hydroxylation sites is 2. The molecule has 0 aliphatic carbocycles. The summed E-state index contributed by atoms with van der Waals surface area (Å²) in [7, 11) is 0. The summed E-state index contributed by atoms with van der Waals surface area (Å²) in [5.74, 6) is 0.988. The number of aromatic amines is 1. The fourth-order valence-electron chi connectivity index (χ4n) is 3.40. The maximum Gasteiger partial charge on any atom is 0.446 e. The fraction of sp³-hybridized carbons (Fsp3) is 0.200. The molecule has 1 unspecified atom stereocenters. The van der Waals surface area contributed by atoms with Crippen molar-refractivity contribution in [3.8, 4) is 11.4 Å². The first-order valence-electron chi connectivity index (χ1n) is 9.39. The van der Waals surface area contributed by atoms with Crippen LogP contribution < -0.4 is 15.8 Å². The summed E-state index contributed by atoms with van der Waals surface area (Å²) in [5, 5.41) is 24.4. The Morgan fingerprint density at radius 2 is 2.00 bits per heavy atom. The highest BCUT2D eigenvalue weighted by atomic mass is 16.5. The highest BCUT2D eigenvalue weighted by Crippen LogP contribution is 2.29. The Morgan fingerprint density at radius 1 is 1.20 bits per heavy atom. The van der Waals surface area contributed by atoms with Crippen molar-refractivity contribution >= 4 is 0 Å². The van der Waals surface area contributed by atoms with Crippen molar-refractivity contribution in [2.45, 2.75) is 18.7 Å². The molecule has 0 radical (unpaired) electrons. The molecular weight excluding hydrogens is 388 g/mol. The van der Waals surface area contributed by atoms with Crippen LogP contribution in [-0.2, 0) is 6.42 Å². The minimum atomic E-state index is -1.21. The van der Waals surface area contributed by atoms with Crippen LogP contribution in [0.3, 0.4) is 0 Å². The molecule has 2 atom stereocenters. The molecule has 0 saturated carbocycles. The Balaban J connectivity index is 1.37. The first-order valence-corrected chi connectivity index (χ1v) is 9.39. The predicted octanol–water partition coefficient (Wildman–Crippen LogP) is 1.25. The van der Waals surface area contributed by atoms with Crippen LogP contribution in [0.5, 0.6) is 5.75 Å². The van der Waals surface area contributed by atoms with Gasteiger partial charge in [-0.05, 0) is 17.7 Å².